The SMILES string of the molecule is CCC(CC)C(=O)/C=C(\O)C(CC)CC.Cc1cc(C(C)(C)C)ccc1-c1sc2c(-c3[c-]c4c(C)cccc4c(C(C)C)c3)nccc2c1C.[Ir]. The fourth-order valence-corrected chi connectivity index (χ4v) is 8.24. The summed E-state index contributed by atoms with van der Waals surface area (Å²) in [5, 5.41) is 13.6. The molecule has 0 spiro atoms. The molecule has 0 unspecified atom stereocenters. The van der Waals surface area contributed by atoms with Crippen LogP contribution in [0, 0.1) is 38.7 Å². The van der Waals surface area contributed by atoms with Crippen LogP contribution in [0.3, 0.4) is 0 Å². The topological polar surface area (TPSA) is 50.2 Å². The first-order valence-electron chi connectivity index (χ1n) is 18.6. The summed E-state index contributed by atoms with van der Waals surface area (Å²) in [4.78, 5) is 18.0. The molecule has 1 radical (unpaired) electrons. The van der Waals surface area contributed by atoms with Gasteiger partial charge >= 0.3 is 0 Å². The smallest absolute Gasteiger partial charge is 0.162 e. The zero-order valence-corrected chi connectivity index (χ0v) is 36.1. The molecule has 0 aliphatic heterocycles. The maximum atomic E-state index is 11.7. The third-order valence-corrected chi connectivity index (χ3v) is 11.6. The molecule has 0 saturated heterocycles. The van der Waals surface area contributed by atoms with Gasteiger partial charge in [0.2, 0.25) is 0 Å². The minimum Gasteiger partial charge on any atom is -0.512 e. The molecule has 0 atom stereocenters. The van der Waals surface area contributed by atoms with Gasteiger partial charge in [0.25, 0.3) is 0 Å². The average Bonchev–Trinajstić information content (AvgIpc) is 3.41. The molecule has 5 aromatic rings. The molecule has 2 aromatic heterocycles. The van der Waals surface area contributed by atoms with E-state index < -0.39 is 0 Å². The number of carbonyl (C=O) groups excluding carboxylic acids is 1. The number of pyridine rings is 1. The fourth-order valence-electron chi connectivity index (χ4n) is 6.84. The van der Waals surface area contributed by atoms with Gasteiger partial charge in [-0.3, -0.25) is 9.78 Å². The number of hydrogen-bond donors (Lipinski definition) is 1. The van der Waals surface area contributed by atoms with Crippen molar-refractivity contribution in [3.8, 4) is 21.7 Å². The number of ketones is 1. The second-order valence-corrected chi connectivity index (χ2v) is 16.2. The van der Waals surface area contributed by atoms with Crippen molar-refractivity contribution in [1.29, 1.82) is 0 Å². The number of nitrogens with zero attached hydrogens (tertiary/aromatic N) is 1. The Labute approximate surface area is 325 Å². The maximum absolute atomic E-state index is 11.7. The Morgan fingerprint density at radius 3 is 2.10 bits per heavy atom. The molecule has 0 amide bonds. The van der Waals surface area contributed by atoms with E-state index >= 15 is 0 Å². The van der Waals surface area contributed by atoms with Gasteiger partial charge in [-0.15, -0.1) is 40.0 Å². The van der Waals surface area contributed by atoms with Gasteiger partial charge < -0.3 is 5.11 Å². The number of aliphatic hydroxyl groups excluding tert-OH is 1. The van der Waals surface area contributed by atoms with Gasteiger partial charge in [-0.25, -0.2) is 0 Å². The Bertz CT molecular complexity index is 1990. The number of carbonyl (C=O) groups is 1. The number of aryl methyl sites for hydroxylation is 3. The van der Waals surface area contributed by atoms with Crippen molar-refractivity contribution in [3.63, 3.8) is 0 Å². The van der Waals surface area contributed by atoms with E-state index in [2.05, 4.69) is 110 Å². The second-order valence-electron chi connectivity index (χ2n) is 15.2. The zero-order valence-electron chi connectivity index (χ0n) is 32.9. The Morgan fingerprint density at radius 1 is 0.882 bits per heavy atom. The first-order chi connectivity index (χ1) is 23.7. The van der Waals surface area contributed by atoms with Crippen molar-refractivity contribution in [2.45, 2.75) is 120 Å². The van der Waals surface area contributed by atoms with E-state index in [-0.39, 0.29) is 48.9 Å². The number of rotatable bonds is 10. The van der Waals surface area contributed by atoms with Crippen LogP contribution in [0.5, 0.6) is 0 Å². The van der Waals surface area contributed by atoms with Crippen molar-refractivity contribution >= 4 is 38.0 Å². The molecular formula is C46H58IrNO2S-. The summed E-state index contributed by atoms with van der Waals surface area (Å²) in [6.45, 7) is 26.1. The molecular weight excluding hydrogens is 823 g/mol. The number of aliphatic hydroxyl groups is 1. The number of hydrogen-bond acceptors (Lipinski definition) is 4. The largest absolute Gasteiger partial charge is 0.512 e. The molecule has 275 valence electrons. The van der Waals surface area contributed by atoms with E-state index in [0.717, 1.165) is 36.9 Å². The van der Waals surface area contributed by atoms with Gasteiger partial charge in [0.15, 0.2) is 5.78 Å². The molecule has 0 aliphatic rings. The number of fused-ring (bicyclic) bond motifs is 2. The average molecular weight is 881 g/mol. The quantitative estimate of drug-likeness (QED) is 0.0864. The number of thiophene rings is 1. The van der Waals surface area contributed by atoms with Gasteiger partial charge in [-0.1, -0.05) is 117 Å². The summed E-state index contributed by atoms with van der Waals surface area (Å²) in [5.41, 5.74) is 10.3. The Balaban J connectivity index is 0.000000374. The van der Waals surface area contributed by atoms with E-state index in [1.807, 2.05) is 45.2 Å². The standard InChI is InChI=1S/C33H34NS.C13H24O2.Ir/c1-19(2)28-17-23(18-29-20(3)10-9-11-27(28)29)30-32-26(14-15-34-30)22(5)31(35-32)25-13-12-24(16-21(25)4)33(6,7)8;1-5-10(6-2)12(14)9-13(15)11(7-3)8-4;/h9-17,19H,1-8H3;9-11,14H,5-8H2,1-4H3;/q-1;;/b;12-9-;. The van der Waals surface area contributed by atoms with Gasteiger partial charge in [0, 0.05) is 59.5 Å². The number of allylic oxidation sites excluding steroid dienone is 2. The van der Waals surface area contributed by atoms with Crippen LogP contribution in [-0.4, -0.2) is 15.9 Å². The van der Waals surface area contributed by atoms with Crippen LogP contribution in [0.15, 0.2) is 66.6 Å². The fraction of sp³-hybridized carbons (Fsp3) is 0.435. The minimum absolute atomic E-state index is 0. The van der Waals surface area contributed by atoms with Crippen LogP contribution in [-0.2, 0) is 30.3 Å². The molecule has 1 N–H and O–H groups in total. The molecule has 2 heterocycles. The van der Waals surface area contributed by atoms with E-state index in [4.69, 9.17) is 4.98 Å². The normalized spacial score (nSPS) is 12.1. The number of aromatic nitrogens is 1. The predicted octanol–water partition coefficient (Wildman–Crippen LogP) is 13.8. The molecule has 0 bridgehead atoms. The van der Waals surface area contributed by atoms with Crippen LogP contribution in [0.1, 0.15) is 122 Å². The molecule has 51 heavy (non-hydrogen) atoms. The van der Waals surface area contributed by atoms with E-state index in [0.29, 0.717) is 5.92 Å². The molecule has 3 nitrogen and oxygen atoms in total. The number of benzene rings is 3. The van der Waals surface area contributed by atoms with Gasteiger partial charge in [0.05, 0.1) is 5.76 Å². The van der Waals surface area contributed by atoms with E-state index in [1.165, 1.54) is 65.2 Å². The predicted molar refractivity (Wildman–Crippen MR) is 218 cm³/mol. The monoisotopic (exact) mass is 881 g/mol. The van der Waals surface area contributed by atoms with Crippen molar-refractivity contribution < 1.29 is 30.0 Å². The summed E-state index contributed by atoms with van der Waals surface area (Å²) in [6.07, 6.45) is 6.87. The first-order valence-corrected chi connectivity index (χ1v) is 19.4. The second kappa shape index (κ2) is 18.1. The van der Waals surface area contributed by atoms with Crippen molar-refractivity contribution in [2.24, 2.45) is 11.8 Å². The summed E-state index contributed by atoms with van der Waals surface area (Å²) >= 11 is 1.87. The molecule has 0 saturated carbocycles. The Kier molecular flexibility index (Phi) is 15.0. The van der Waals surface area contributed by atoms with E-state index in [1.54, 1.807) is 0 Å². The summed E-state index contributed by atoms with van der Waals surface area (Å²) in [6, 6.07) is 21.7. The third kappa shape index (κ3) is 9.47. The first kappa shape index (κ1) is 42.3. The van der Waals surface area contributed by atoms with Gasteiger partial charge in [-0.05, 0) is 84.6 Å². The Hall–Kier alpha value is -3.11. The molecule has 0 fully saturated rings. The van der Waals surface area contributed by atoms with Gasteiger partial charge in [0.1, 0.15) is 0 Å². The van der Waals surface area contributed by atoms with Crippen LogP contribution in [0.2, 0.25) is 0 Å². The molecule has 3 aromatic carbocycles. The summed E-state index contributed by atoms with van der Waals surface area (Å²) in [7, 11) is 0. The van der Waals surface area contributed by atoms with Crippen LogP contribution >= 0.6 is 11.3 Å². The Morgan fingerprint density at radius 2 is 1.53 bits per heavy atom. The van der Waals surface area contributed by atoms with Crippen molar-refractivity contribution in [3.05, 3.63) is 100 Å². The molecule has 0 aliphatic carbocycles. The molecule has 5 rings (SSSR count). The van der Waals surface area contributed by atoms with Crippen LogP contribution in [0.4, 0.5) is 0 Å². The van der Waals surface area contributed by atoms with Gasteiger partial charge in [-0.2, -0.15) is 0 Å². The van der Waals surface area contributed by atoms with Crippen LogP contribution in [0.25, 0.3) is 42.6 Å². The minimum atomic E-state index is 0. The third-order valence-electron chi connectivity index (χ3n) is 10.3. The van der Waals surface area contributed by atoms with Crippen molar-refractivity contribution in [1.82, 2.24) is 4.98 Å². The van der Waals surface area contributed by atoms with Crippen molar-refractivity contribution in [2.75, 3.05) is 0 Å². The summed E-state index contributed by atoms with van der Waals surface area (Å²) < 4.78 is 1.25. The zero-order chi connectivity index (χ0) is 36.9. The van der Waals surface area contributed by atoms with E-state index in [9.17, 15) is 9.90 Å². The molecule has 5 heteroatoms. The van der Waals surface area contributed by atoms with Crippen LogP contribution < -0.4 is 0 Å². The summed E-state index contributed by atoms with van der Waals surface area (Å²) in [5.74, 6) is 0.975. The maximum Gasteiger partial charge on any atom is 0.162 e.